The number of hydrogen-bond acceptors (Lipinski definition) is 6. The zero-order valence-corrected chi connectivity index (χ0v) is 17.7. The van der Waals surface area contributed by atoms with Crippen molar-refractivity contribution in [1.82, 2.24) is 5.32 Å². The van der Waals surface area contributed by atoms with Gasteiger partial charge in [0.15, 0.2) is 16.7 Å². The number of hydrogen-bond donors (Lipinski definition) is 2. The Morgan fingerprint density at radius 1 is 1.32 bits per heavy atom. The number of halogens is 2. The highest BCUT2D eigenvalue weighted by atomic mass is 35.5. The summed E-state index contributed by atoms with van der Waals surface area (Å²) in [6.45, 7) is 3.90. The summed E-state index contributed by atoms with van der Waals surface area (Å²) in [5.41, 5.74) is 0.395. The first kappa shape index (κ1) is 20.8. The minimum Gasteiger partial charge on any atom is -0.493 e. The fraction of sp³-hybridized carbons (Fsp3) is 0.316. The smallest absolute Gasteiger partial charge is 0.315 e. The molecule has 0 radical (unpaired) electrons. The minimum absolute atomic E-state index is 0.0847. The molecule has 1 aromatic carbocycles. The Bertz CT molecular complexity index is 923. The lowest BCUT2D eigenvalue weighted by Gasteiger charge is -2.10. The molecule has 28 heavy (non-hydrogen) atoms. The van der Waals surface area contributed by atoms with Gasteiger partial charge in [-0.05, 0) is 52.9 Å². The number of methoxy groups -OCH3 is 1. The molecule has 9 heteroatoms. The maximum atomic E-state index is 12.6. The zero-order valence-electron chi connectivity index (χ0n) is 15.3. The van der Waals surface area contributed by atoms with Crippen LogP contribution in [0.25, 0.3) is 6.08 Å². The molecule has 0 spiro atoms. The number of ether oxygens (including phenoxy) is 2. The van der Waals surface area contributed by atoms with Crippen LogP contribution in [0.1, 0.15) is 19.4 Å². The molecule has 1 heterocycles. The molecule has 2 N–H and O–H groups in total. The molecule has 2 aliphatic rings. The van der Waals surface area contributed by atoms with Crippen LogP contribution in [0.5, 0.6) is 11.5 Å². The van der Waals surface area contributed by atoms with Gasteiger partial charge in [0.25, 0.3) is 5.91 Å². The van der Waals surface area contributed by atoms with Crippen LogP contribution in [-0.4, -0.2) is 24.2 Å². The standard InChI is InChI=1S/C19H18Cl2N2O4S/c1-19(2)10(8-14(20)21)15(19)17(25)27-11-5-4-9(6-12(11)26-3)7-13-16(24)23-18(22)28-13/h4-8,10,15H,1-3H3,(H2,22,23,24). The number of allylic oxidation sites excluding steroid dienone is 1. The molecule has 148 valence electrons. The lowest BCUT2D eigenvalue weighted by atomic mass is 10.1. The number of amides is 1. The second-order valence-electron chi connectivity index (χ2n) is 7.01. The van der Waals surface area contributed by atoms with Gasteiger partial charge < -0.3 is 14.8 Å². The van der Waals surface area contributed by atoms with E-state index in [0.717, 1.165) is 11.8 Å². The van der Waals surface area contributed by atoms with Gasteiger partial charge in [-0.3, -0.25) is 15.0 Å². The van der Waals surface area contributed by atoms with Crippen LogP contribution in [0.4, 0.5) is 0 Å². The molecule has 2 unspecified atom stereocenters. The first-order chi connectivity index (χ1) is 13.1. The van der Waals surface area contributed by atoms with Crippen molar-refractivity contribution in [2.75, 3.05) is 7.11 Å². The molecular weight excluding hydrogens is 423 g/mol. The lowest BCUT2D eigenvalue weighted by Crippen LogP contribution is -2.18. The predicted octanol–water partition coefficient (Wildman–Crippen LogP) is 4.33. The van der Waals surface area contributed by atoms with E-state index in [4.69, 9.17) is 38.1 Å². The van der Waals surface area contributed by atoms with E-state index < -0.39 is 0 Å². The molecule has 1 aromatic rings. The largest absolute Gasteiger partial charge is 0.493 e. The van der Waals surface area contributed by atoms with Gasteiger partial charge in [-0.15, -0.1) is 0 Å². The second-order valence-corrected chi connectivity index (χ2v) is 9.07. The Labute approximate surface area is 176 Å². The summed E-state index contributed by atoms with van der Waals surface area (Å²) in [5.74, 6) is -0.498. The molecule has 0 bridgehead atoms. The van der Waals surface area contributed by atoms with Crippen LogP contribution in [-0.2, 0) is 9.59 Å². The highest BCUT2D eigenvalue weighted by molar-refractivity contribution is 8.18. The summed E-state index contributed by atoms with van der Waals surface area (Å²) in [7, 11) is 1.47. The first-order valence-corrected chi connectivity index (χ1v) is 9.92. The summed E-state index contributed by atoms with van der Waals surface area (Å²) in [4.78, 5) is 24.8. The van der Waals surface area contributed by atoms with Crippen molar-refractivity contribution in [3.63, 3.8) is 0 Å². The summed E-state index contributed by atoms with van der Waals surface area (Å²) in [6, 6.07) is 4.98. The predicted molar refractivity (Wildman–Crippen MR) is 111 cm³/mol. The third-order valence-corrected chi connectivity index (χ3v) is 5.91. The second kappa shape index (κ2) is 7.81. The van der Waals surface area contributed by atoms with Crippen LogP contribution < -0.4 is 14.8 Å². The quantitative estimate of drug-likeness (QED) is 0.404. The summed E-state index contributed by atoms with van der Waals surface area (Å²) in [6.07, 6.45) is 3.30. The van der Waals surface area contributed by atoms with Crippen molar-refractivity contribution >= 4 is 58.1 Å². The molecule has 2 fully saturated rings. The van der Waals surface area contributed by atoms with Gasteiger partial charge in [-0.1, -0.05) is 43.1 Å². The van der Waals surface area contributed by atoms with Crippen LogP contribution in [0.3, 0.4) is 0 Å². The van der Waals surface area contributed by atoms with Gasteiger partial charge in [0.1, 0.15) is 4.49 Å². The molecule has 1 aliphatic heterocycles. The number of carbonyl (C=O) groups is 2. The van der Waals surface area contributed by atoms with E-state index in [1.807, 2.05) is 13.8 Å². The van der Waals surface area contributed by atoms with E-state index in [0.29, 0.717) is 16.2 Å². The molecule has 1 amide bonds. The van der Waals surface area contributed by atoms with E-state index in [1.165, 1.54) is 7.11 Å². The lowest BCUT2D eigenvalue weighted by molar-refractivity contribution is -0.136. The Morgan fingerprint density at radius 2 is 2.04 bits per heavy atom. The van der Waals surface area contributed by atoms with Gasteiger partial charge >= 0.3 is 5.97 Å². The summed E-state index contributed by atoms with van der Waals surface area (Å²) < 4.78 is 11.0. The number of benzene rings is 1. The Hall–Kier alpha value is -1.96. The summed E-state index contributed by atoms with van der Waals surface area (Å²) >= 11 is 12.5. The molecule has 6 nitrogen and oxygen atoms in total. The molecule has 0 aromatic heterocycles. The van der Waals surface area contributed by atoms with Gasteiger partial charge in [0.2, 0.25) is 0 Å². The molecular formula is C19H18Cl2N2O4S. The number of nitrogens with one attached hydrogen (secondary N) is 2. The van der Waals surface area contributed by atoms with Crippen LogP contribution in [0, 0.1) is 22.7 Å². The molecule has 1 aliphatic carbocycles. The van der Waals surface area contributed by atoms with Crippen LogP contribution in [0.2, 0.25) is 0 Å². The maximum Gasteiger partial charge on any atom is 0.315 e. The number of amidine groups is 1. The maximum absolute atomic E-state index is 12.6. The average Bonchev–Trinajstić information content (AvgIpc) is 2.97. The van der Waals surface area contributed by atoms with Crippen molar-refractivity contribution in [2.24, 2.45) is 17.3 Å². The Kier molecular flexibility index (Phi) is 5.79. The highest BCUT2D eigenvalue weighted by Gasteiger charge is 2.61. The van der Waals surface area contributed by atoms with Gasteiger partial charge in [-0.2, -0.15) is 0 Å². The number of rotatable bonds is 5. The fourth-order valence-corrected chi connectivity index (χ4v) is 4.17. The van der Waals surface area contributed by atoms with E-state index in [2.05, 4.69) is 5.32 Å². The van der Waals surface area contributed by atoms with E-state index in [1.54, 1.807) is 30.4 Å². The SMILES string of the molecule is COc1cc(C=C2SC(=N)NC2=O)ccc1OC(=O)C1C(C=C(Cl)Cl)C1(C)C. The molecule has 1 saturated heterocycles. The Morgan fingerprint density at radius 3 is 2.61 bits per heavy atom. The average molecular weight is 441 g/mol. The van der Waals surface area contributed by atoms with Crippen molar-refractivity contribution in [3.8, 4) is 11.5 Å². The van der Waals surface area contributed by atoms with E-state index in [9.17, 15) is 9.59 Å². The highest BCUT2D eigenvalue weighted by Crippen LogP contribution is 2.60. The van der Waals surface area contributed by atoms with Crippen molar-refractivity contribution in [3.05, 3.63) is 39.2 Å². The van der Waals surface area contributed by atoms with Crippen LogP contribution in [0.15, 0.2) is 33.7 Å². The molecule has 2 atom stereocenters. The van der Waals surface area contributed by atoms with Crippen molar-refractivity contribution in [2.45, 2.75) is 13.8 Å². The van der Waals surface area contributed by atoms with Crippen molar-refractivity contribution < 1.29 is 19.1 Å². The fourth-order valence-electron chi connectivity index (χ4n) is 3.20. The normalized spacial score (nSPS) is 24.0. The summed E-state index contributed by atoms with van der Waals surface area (Å²) in [5, 5.41) is 9.99. The molecule has 1 saturated carbocycles. The van der Waals surface area contributed by atoms with E-state index >= 15 is 0 Å². The van der Waals surface area contributed by atoms with Crippen molar-refractivity contribution in [1.29, 1.82) is 5.41 Å². The number of esters is 1. The third kappa shape index (κ3) is 4.21. The minimum atomic E-state index is -0.385. The Balaban J connectivity index is 1.77. The third-order valence-electron chi connectivity index (χ3n) is 4.83. The van der Waals surface area contributed by atoms with Gasteiger partial charge in [0.05, 0.1) is 17.9 Å². The first-order valence-electron chi connectivity index (χ1n) is 8.35. The topological polar surface area (TPSA) is 88.5 Å². The molecule has 3 rings (SSSR count). The van der Waals surface area contributed by atoms with Crippen LogP contribution >= 0.6 is 35.0 Å². The van der Waals surface area contributed by atoms with E-state index in [-0.39, 0.29) is 44.5 Å². The zero-order chi connectivity index (χ0) is 20.6. The van der Waals surface area contributed by atoms with Gasteiger partial charge in [-0.25, -0.2) is 0 Å². The number of carbonyl (C=O) groups excluding carboxylic acids is 2. The monoisotopic (exact) mass is 440 g/mol. The van der Waals surface area contributed by atoms with Gasteiger partial charge in [0, 0.05) is 0 Å². The number of thioether (sulfide) groups is 1.